The average Bonchev–Trinajstić information content (AvgIpc) is 2.55. The van der Waals surface area contributed by atoms with Gasteiger partial charge in [-0.25, -0.2) is 0 Å². The second-order valence-electron chi connectivity index (χ2n) is 4.07. The molecule has 3 aromatic rings. The molecule has 0 spiro atoms. The first-order chi connectivity index (χ1) is 8.06. The van der Waals surface area contributed by atoms with Crippen molar-refractivity contribution < 1.29 is 4.42 Å². The summed E-state index contributed by atoms with van der Waals surface area (Å²) in [7, 11) is 0. The number of nitrogen functional groups attached to an aromatic ring is 4. The van der Waals surface area contributed by atoms with E-state index >= 15 is 0 Å². The summed E-state index contributed by atoms with van der Waals surface area (Å²) in [6, 6.07) is 6.82. The molecule has 5 nitrogen and oxygen atoms in total. The van der Waals surface area contributed by atoms with Gasteiger partial charge in [0.2, 0.25) is 0 Å². The van der Waals surface area contributed by atoms with E-state index in [1.807, 2.05) is 0 Å². The summed E-state index contributed by atoms with van der Waals surface area (Å²) < 4.78 is 5.66. The van der Waals surface area contributed by atoms with E-state index in [4.69, 9.17) is 27.4 Å². The quantitative estimate of drug-likeness (QED) is 0.438. The van der Waals surface area contributed by atoms with Crippen molar-refractivity contribution in [2.45, 2.75) is 0 Å². The summed E-state index contributed by atoms with van der Waals surface area (Å²) in [4.78, 5) is 0. The Kier molecular flexibility index (Phi) is 1.69. The molecule has 0 unspecified atom stereocenters. The molecule has 0 fully saturated rings. The van der Waals surface area contributed by atoms with Crippen LogP contribution < -0.4 is 22.9 Å². The van der Waals surface area contributed by atoms with Crippen molar-refractivity contribution in [3.8, 4) is 0 Å². The largest absolute Gasteiger partial charge is 0.456 e. The van der Waals surface area contributed by atoms with Crippen LogP contribution in [0.3, 0.4) is 0 Å². The molecule has 0 atom stereocenters. The van der Waals surface area contributed by atoms with Gasteiger partial charge >= 0.3 is 0 Å². The highest BCUT2D eigenvalue weighted by Gasteiger charge is 2.13. The normalized spacial score (nSPS) is 11.3. The third-order valence-corrected chi connectivity index (χ3v) is 2.78. The maximum Gasteiger partial charge on any atom is 0.139 e. The maximum atomic E-state index is 5.95. The van der Waals surface area contributed by atoms with E-state index in [9.17, 15) is 0 Å². The Morgan fingerprint density at radius 3 is 1.47 bits per heavy atom. The van der Waals surface area contributed by atoms with Gasteiger partial charge in [0, 0.05) is 34.9 Å². The van der Waals surface area contributed by atoms with Crippen LogP contribution in [0.2, 0.25) is 0 Å². The Morgan fingerprint density at radius 1 is 0.647 bits per heavy atom. The first-order valence-corrected chi connectivity index (χ1v) is 5.12. The van der Waals surface area contributed by atoms with Crippen LogP contribution in [-0.4, -0.2) is 0 Å². The Morgan fingerprint density at radius 2 is 1.06 bits per heavy atom. The third-order valence-electron chi connectivity index (χ3n) is 2.78. The lowest BCUT2D eigenvalue weighted by Crippen LogP contribution is -1.92. The molecule has 0 aliphatic heterocycles. The topological polar surface area (TPSA) is 117 Å². The zero-order chi connectivity index (χ0) is 12.2. The minimum Gasteiger partial charge on any atom is -0.456 e. The van der Waals surface area contributed by atoms with E-state index in [0.717, 1.165) is 10.8 Å². The number of anilines is 4. The molecule has 5 heteroatoms. The zero-order valence-electron chi connectivity index (χ0n) is 9.03. The molecule has 3 rings (SSSR count). The van der Waals surface area contributed by atoms with E-state index in [-0.39, 0.29) is 0 Å². The molecule has 8 N–H and O–H groups in total. The van der Waals surface area contributed by atoms with Crippen LogP contribution in [0.5, 0.6) is 0 Å². The second kappa shape index (κ2) is 2.98. The highest BCUT2D eigenvalue weighted by Crippen LogP contribution is 2.38. The van der Waals surface area contributed by atoms with Gasteiger partial charge in [0.1, 0.15) is 11.2 Å². The van der Waals surface area contributed by atoms with Crippen LogP contribution in [0.4, 0.5) is 22.7 Å². The van der Waals surface area contributed by atoms with E-state index in [1.54, 1.807) is 24.3 Å². The lowest BCUT2D eigenvalue weighted by molar-refractivity contribution is 0.669. The number of hydrogen-bond donors (Lipinski definition) is 4. The van der Waals surface area contributed by atoms with E-state index in [1.165, 1.54) is 0 Å². The van der Waals surface area contributed by atoms with Gasteiger partial charge in [-0.2, -0.15) is 0 Å². The zero-order valence-corrected chi connectivity index (χ0v) is 9.03. The fourth-order valence-electron chi connectivity index (χ4n) is 2.13. The fourth-order valence-corrected chi connectivity index (χ4v) is 2.13. The second-order valence-corrected chi connectivity index (χ2v) is 4.07. The maximum absolute atomic E-state index is 5.95. The predicted molar refractivity (Wildman–Crippen MR) is 71.4 cm³/mol. The van der Waals surface area contributed by atoms with Gasteiger partial charge < -0.3 is 27.4 Å². The summed E-state index contributed by atoms with van der Waals surface area (Å²) >= 11 is 0. The van der Waals surface area contributed by atoms with Gasteiger partial charge in [0.25, 0.3) is 0 Å². The van der Waals surface area contributed by atoms with Crippen LogP contribution in [-0.2, 0) is 0 Å². The Labute approximate surface area is 96.9 Å². The summed E-state index contributed by atoms with van der Waals surface area (Å²) in [6.45, 7) is 0. The summed E-state index contributed by atoms with van der Waals surface area (Å²) in [5.41, 5.74) is 26.8. The summed E-state index contributed by atoms with van der Waals surface area (Å²) in [6.07, 6.45) is 0. The van der Waals surface area contributed by atoms with Gasteiger partial charge in [-0.05, 0) is 12.1 Å². The average molecular weight is 228 g/mol. The Balaban J connectivity index is 2.60. The molecule has 1 aromatic heterocycles. The van der Waals surface area contributed by atoms with Crippen LogP contribution >= 0.6 is 0 Å². The number of fused-ring (bicyclic) bond motifs is 3. The van der Waals surface area contributed by atoms with Crippen LogP contribution in [0, 0.1) is 0 Å². The number of furan rings is 1. The van der Waals surface area contributed by atoms with Crippen molar-refractivity contribution in [1.82, 2.24) is 0 Å². The number of benzene rings is 2. The van der Waals surface area contributed by atoms with Gasteiger partial charge in [-0.3, -0.25) is 0 Å². The van der Waals surface area contributed by atoms with Crippen LogP contribution in [0.15, 0.2) is 28.7 Å². The summed E-state index contributed by atoms with van der Waals surface area (Å²) in [5, 5.41) is 1.57. The summed E-state index contributed by atoms with van der Waals surface area (Å²) in [5.74, 6) is 0. The first-order valence-electron chi connectivity index (χ1n) is 5.12. The molecular formula is C12H12N4O. The minimum atomic E-state index is 0.551. The smallest absolute Gasteiger partial charge is 0.139 e. The van der Waals surface area contributed by atoms with E-state index in [0.29, 0.717) is 33.9 Å². The molecule has 1 heterocycles. The predicted octanol–water partition coefficient (Wildman–Crippen LogP) is 1.91. The highest BCUT2D eigenvalue weighted by molar-refractivity contribution is 6.17. The van der Waals surface area contributed by atoms with Gasteiger partial charge in [0.15, 0.2) is 0 Å². The van der Waals surface area contributed by atoms with Crippen LogP contribution in [0.25, 0.3) is 21.9 Å². The van der Waals surface area contributed by atoms with Crippen molar-refractivity contribution >= 4 is 44.7 Å². The molecule has 2 aromatic carbocycles. The molecule has 86 valence electrons. The van der Waals surface area contributed by atoms with Gasteiger partial charge in [-0.15, -0.1) is 0 Å². The van der Waals surface area contributed by atoms with Gasteiger partial charge in [0.05, 0.1) is 10.8 Å². The SMILES string of the molecule is Nc1cc(N)c2c(c1)oc1cc(N)cc(N)c12. The molecule has 17 heavy (non-hydrogen) atoms. The van der Waals surface area contributed by atoms with Crippen molar-refractivity contribution in [3.63, 3.8) is 0 Å². The molecular weight excluding hydrogens is 216 g/mol. The van der Waals surface area contributed by atoms with Crippen LogP contribution in [0.1, 0.15) is 0 Å². The van der Waals surface area contributed by atoms with E-state index in [2.05, 4.69) is 0 Å². The standard InChI is InChI=1S/C12H12N4O/c13-5-1-7(15)11-9(3-5)17-10-4-6(14)2-8(16)12(10)11/h1-4H,13-16H2. The molecule has 0 saturated heterocycles. The number of hydrogen-bond acceptors (Lipinski definition) is 5. The molecule has 0 bridgehead atoms. The molecule has 0 aliphatic carbocycles. The lowest BCUT2D eigenvalue weighted by Gasteiger charge is -2.01. The lowest BCUT2D eigenvalue weighted by atomic mass is 10.1. The first kappa shape index (κ1) is 9.65. The Hall–Kier alpha value is -2.56. The Bertz CT molecular complexity index is 683. The van der Waals surface area contributed by atoms with E-state index < -0.39 is 0 Å². The minimum absolute atomic E-state index is 0.551. The molecule has 0 aliphatic rings. The number of rotatable bonds is 0. The van der Waals surface area contributed by atoms with Crippen molar-refractivity contribution in [2.75, 3.05) is 22.9 Å². The van der Waals surface area contributed by atoms with Crippen molar-refractivity contribution in [1.29, 1.82) is 0 Å². The highest BCUT2D eigenvalue weighted by atomic mass is 16.3. The molecule has 0 radical (unpaired) electrons. The fraction of sp³-hybridized carbons (Fsp3) is 0. The molecule has 0 amide bonds. The van der Waals surface area contributed by atoms with Crippen molar-refractivity contribution in [3.05, 3.63) is 24.3 Å². The number of nitrogens with two attached hydrogens (primary N) is 4. The van der Waals surface area contributed by atoms with Crippen molar-refractivity contribution in [2.24, 2.45) is 0 Å². The monoisotopic (exact) mass is 228 g/mol. The third kappa shape index (κ3) is 1.25. The van der Waals surface area contributed by atoms with Gasteiger partial charge in [-0.1, -0.05) is 0 Å². The molecule has 0 saturated carbocycles.